The smallest absolute Gasteiger partial charge is 0.303 e. The molecule has 0 radical (unpaired) electrons. The van der Waals surface area contributed by atoms with Crippen molar-refractivity contribution in [2.45, 2.75) is 0 Å². The maximum absolute atomic E-state index is 8.49. The van der Waals surface area contributed by atoms with Crippen LogP contribution in [0.2, 0.25) is 0 Å². The zero-order valence-electron chi connectivity index (χ0n) is 14.9. The van der Waals surface area contributed by atoms with Gasteiger partial charge in [-0.25, -0.2) is 37.3 Å². The fourth-order valence-electron chi connectivity index (χ4n) is 1.55. The molecule has 0 unspecified atom stereocenters. The van der Waals surface area contributed by atoms with Gasteiger partial charge in [-0.05, 0) is 14.1 Å². The molecule has 0 aromatic rings. The predicted molar refractivity (Wildman–Crippen MR) is 67.0 cm³/mol. The van der Waals surface area contributed by atoms with Crippen molar-refractivity contribution < 1.29 is 74.2 Å². The van der Waals surface area contributed by atoms with Gasteiger partial charge in [0, 0.05) is 52.9 Å². The molecular formula is C10H26Cl2N6NiO8. The third kappa shape index (κ3) is 46.5. The molecule has 0 aromatic heterocycles. The fraction of sp³-hybridized carbons (Fsp3) is 1.00. The van der Waals surface area contributed by atoms with Crippen LogP contribution in [0.15, 0.2) is 0 Å². The summed E-state index contributed by atoms with van der Waals surface area (Å²) in [4.78, 5) is 4.47. The van der Waals surface area contributed by atoms with Crippen molar-refractivity contribution in [2.75, 3.05) is 66.9 Å². The molecule has 0 atom stereocenters. The Morgan fingerprint density at radius 3 is 0.815 bits per heavy atom. The summed E-state index contributed by atoms with van der Waals surface area (Å²) in [5.74, 6) is 0. The first kappa shape index (κ1) is 32.2. The third-order valence-corrected chi connectivity index (χ3v) is 2.48. The quantitative estimate of drug-likeness (QED) is 0.232. The van der Waals surface area contributed by atoms with Crippen LogP contribution in [0, 0.1) is 20.5 Å². The van der Waals surface area contributed by atoms with Crippen LogP contribution in [0.3, 0.4) is 0 Å². The Morgan fingerprint density at radius 1 is 0.519 bits per heavy atom. The third-order valence-electron chi connectivity index (χ3n) is 2.48. The Kier molecular flexibility index (Phi) is 22.1. The van der Waals surface area contributed by atoms with Gasteiger partial charge in [0.2, 0.25) is 0 Å². The summed E-state index contributed by atoms with van der Waals surface area (Å²) in [6.45, 7) is 7.74. The molecule has 27 heavy (non-hydrogen) atoms. The van der Waals surface area contributed by atoms with E-state index in [-0.39, 0.29) is 16.5 Å². The van der Waals surface area contributed by atoms with Crippen molar-refractivity contribution >= 4 is 0 Å². The number of nitrogens with zero attached hydrogens (tertiary/aromatic N) is 2. The molecule has 1 aliphatic heterocycles. The van der Waals surface area contributed by atoms with Crippen LogP contribution in [0.1, 0.15) is 0 Å². The molecule has 168 valence electrons. The van der Waals surface area contributed by atoms with Crippen LogP contribution in [-0.2, 0) is 16.5 Å². The van der Waals surface area contributed by atoms with E-state index >= 15 is 0 Å². The summed E-state index contributed by atoms with van der Waals surface area (Å²) in [6, 6.07) is 0. The molecule has 14 nitrogen and oxygen atoms in total. The van der Waals surface area contributed by atoms with Crippen LogP contribution in [-0.4, -0.2) is 76.7 Å². The molecule has 0 aliphatic carbocycles. The van der Waals surface area contributed by atoms with E-state index < -0.39 is 20.5 Å². The molecule has 0 aromatic carbocycles. The summed E-state index contributed by atoms with van der Waals surface area (Å²) in [5, 5.41) is 13.6. The van der Waals surface area contributed by atoms with Gasteiger partial charge >= 0.3 is 16.5 Å². The van der Waals surface area contributed by atoms with E-state index in [0.29, 0.717) is 0 Å². The Bertz CT molecular complexity index is 271. The zero-order valence-corrected chi connectivity index (χ0v) is 17.4. The first-order valence-electron chi connectivity index (χ1n) is 7.22. The van der Waals surface area contributed by atoms with Gasteiger partial charge in [0.25, 0.3) is 0 Å². The molecule has 0 bridgehead atoms. The summed E-state index contributed by atoms with van der Waals surface area (Å²) >= 11 is 0. The number of halogens is 2. The standard InChI is InChI=1S/C10H26N6.2ClHO4.Ni/c1-15-7-11-3-5-13-9-16(2)10-14-6-4-12-8-15;2*2-1(3,4)5;/h11-14H,3-10H2,1-2H3;2*(H,2,3,4,5);/q;;;+2/p-2. The Morgan fingerprint density at radius 2 is 0.667 bits per heavy atom. The Labute approximate surface area is 172 Å². The second-order valence-electron chi connectivity index (χ2n) is 5.10. The van der Waals surface area contributed by atoms with E-state index in [4.69, 9.17) is 37.3 Å². The van der Waals surface area contributed by atoms with Crippen LogP contribution in [0.4, 0.5) is 0 Å². The average Bonchev–Trinajstić information content (AvgIpc) is 2.42. The maximum atomic E-state index is 8.49. The van der Waals surface area contributed by atoms with Gasteiger partial charge in [-0.15, -0.1) is 20.5 Å². The van der Waals surface area contributed by atoms with Crippen molar-refractivity contribution in [1.29, 1.82) is 0 Å². The van der Waals surface area contributed by atoms with E-state index in [0.717, 1.165) is 52.9 Å². The van der Waals surface area contributed by atoms with Crippen LogP contribution < -0.4 is 58.5 Å². The normalized spacial score (nSPS) is 19.3. The van der Waals surface area contributed by atoms with Crippen LogP contribution >= 0.6 is 0 Å². The van der Waals surface area contributed by atoms with Gasteiger partial charge in [-0.3, -0.25) is 9.80 Å². The Balaban J connectivity index is -0.000000436. The van der Waals surface area contributed by atoms with Gasteiger partial charge in [-0.1, -0.05) is 0 Å². The van der Waals surface area contributed by atoms with Crippen LogP contribution in [0.25, 0.3) is 0 Å². The van der Waals surface area contributed by atoms with E-state index in [1.54, 1.807) is 0 Å². The van der Waals surface area contributed by atoms with E-state index in [1.807, 2.05) is 0 Å². The summed E-state index contributed by atoms with van der Waals surface area (Å²) < 4.78 is 67.9. The molecule has 1 saturated heterocycles. The van der Waals surface area contributed by atoms with Crippen molar-refractivity contribution in [3.05, 3.63) is 0 Å². The summed E-state index contributed by atoms with van der Waals surface area (Å²) in [7, 11) is -5.67. The van der Waals surface area contributed by atoms with Gasteiger partial charge < -0.3 is 21.3 Å². The molecule has 17 heteroatoms. The van der Waals surface area contributed by atoms with Gasteiger partial charge in [0.05, 0.1) is 0 Å². The van der Waals surface area contributed by atoms with Crippen molar-refractivity contribution in [3.63, 3.8) is 0 Å². The van der Waals surface area contributed by atoms with Crippen molar-refractivity contribution in [3.8, 4) is 0 Å². The molecule has 0 spiro atoms. The van der Waals surface area contributed by atoms with Gasteiger partial charge in [-0.2, -0.15) is 0 Å². The first-order chi connectivity index (χ1) is 11.8. The maximum Gasteiger partial charge on any atom is 2.00 e. The Hall–Kier alpha value is 0.514. The number of nitrogens with one attached hydrogen (secondary N) is 4. The van der Waals surface area contributed by atoms with Crippen molar-refractivity contribution in [1.82, 2.24) is 31.1 Å². The minimum atomic E-state index is -4.94. The predicted octanol–water partition coefficient (Wildman–Crippen LogP) is -11.5. The van der Waals surface area contributed by atoms with Crippen LogP contribution in [0.5, 0.6) is 0 Å². The van der Waals surface area contributed by atoms with E-state index in [1.165, 1.54) is 0 Å². The molecule has 0 amide bonds. The van der Waals surface area contributed by atoms with E-state index in [2.05, 4.69) is 45.2 Å². The molecular weight excluding hydrogens is 462 g/mol. The number of rotatable bonds is 0. The summed E-state index contributed by atoms with van der Waals surface area (Å²) in [5.41, 5.74) is 0. The summed E-state index contributed by atoms with van der Waals surface area (Å²) in [6.07, 6.45) is 0. The second-order valence-corrected chi connectivity index (χ2v) is 6.61. The molecule has 4 N–H and O–H groups in total. The van der Waals surface area contributed by atoms with Gasteiger partial charge in [0.1, 0.15) is 0 Å². The molecule has 1 heterocycles. The zero-order chi connectivity index (χ0) is 20.6. The second kappa shape index (κ2) is 18.5. The average molecular weight is 488 g/mol. The minimum absolute atomic E-state index is 0. The van der Waals surface area contributed by atoms with Crippen molar-refractivity contribution in [2.24, 2.45) is 0 Å². The largest absolute Gasteiger partial charge is 2.00 e. The topological polar surface area (TPSA) is 239 Å². The minimum Gasteiger partial charge on any atom is -0.303 e. The molecule has 1 fully saturated rings. The molecule has 1 rings (SSSR count). The first-order valence-corrected chi connectivity index (χ1v) is 9.69. The van der Waals surface area contributed by atoms with Gasteiger partial charge in [0.15, 0.2) is 0 Å². The fourth-order valence-corrected chi connectivity index (χ4v) is 1.55. The number of hydrogen-bond acceptors (Lipinski definition) is 14. The molecule has 0 saturated carbocycles. The molecule has 1 aliphatic rings. The SMILES string of the molecule is CN1CNCCNCN(C)CNCCNC1.[Ni+2].[O-][Cl+3]([O-])([O-])[O-].[O-][Cl+3]([O-])([O-])[O-]. The monoisotopic (exact) mass is 486 g/mol. The van der Waals surface area contributed by atoms with E-state index in [9.17, 15) is 0 Å². The number of hydrogen-bond donors (Lipinski definition) is 4.